The van der Waals surface area contributed by atoms with Crippen LogP contribution in [0.3, 0.4) is 0 Å². The van der Waals surface area contributed by atoms with Crippen molar-refractivity contribution < 1.29 is 19.2 Å². The number of nitrogens with zero attached hydrogens (tertiary/aromatic N) is 3. The van der Waals surface area contributed by atoms with Gasteiger partial charge in [0.05, 0.1) is 28.3 Å². The van der Waals surface area contributed by atoms with Gasteiger partial charge in [-0.05, 0) is 74.9 Å². The predicted molar refractivity (Wildman–Crippen MR) is 156 cm³/mol. The first kappa shape index (κ1) is 27.9. The smallest absolute Gasteiger partial charge is 0.267 e. The van der Waals surface area contributed by atoms with Gasteiger partial charge in [-0.25, -0.2) is 4.90 Å². The molecule has 2 aromatic rings. The highest BCUT2D eigenvalue weighted by Crippen LogP contribution is 2.37. The third-order valence-electron chi connectivity index (χ3n) is 9.16. The van der Waals surface area contributed by atoms with Crippen LogP contribution in [0.15, 0.2) is 41.4 Å². The number of amidine groups is 1. The first-order valence-electron chi connectivity index (χ1n) is 14.6. The molecule has 2 heterocycles. The highest BCUT2D eigenvalue weighted by Gasteiger charge is 2.45. The van der Waals surface area contributed by atoms with E-state index in [1.165, 1.54) is 16.2 Å². The van der Waals surface area contributed by atoms with Crippen LogP contribution < -0.4 is 0 Å². The van der Waals surface area contributed by atoms with Crippen LogP contribution in [-0.2, 0) is 0 Å². The fraction of sp³-hybridized carbons (Fsp3) is 0.485. The molecular formula is C33H39N3O4. The van der Waals surface area contributed by atoms with E-state index in [4.69, 9.17) is 4.99 Å². The van der Waals surface area contributed by atoms with Gasteiger partial charge in [0.15, 0.2) is 0 Å². The Hall–Kier alpha value is -3.61. The minimum absolute atomic E-state index is 0.123. The maximum Gasteiger partial charge on any atom is 0.267 e. The van der Waals surface area contributed by atoms with E-state index in [-0.39, 0.29) is 29.7 Å². The molecule has 0 saturated heterocycles. The third kappa shape index (κ3) is 4.49. The summed E-state index contributed by atoms with van der Waals surface area (Å²) in [5.41, 5.74) is 1.82. The Morgan fingerprint density at radius 3 is 1.77 bits per heavy atom. The molecule has 1 aliphatic carbocycles. The summed E-state index contributed by atoms with van der Waals surface area (Å²) >= 11 is 0. The number of rotatable bonds is 6. The average Bonchev–Trinajstić information content (AvgIpc) is 3.35. The number of imide groups is 2. The second kappa shape index (κ2) is 10.1. The molecule has 2 aromatic carbocycles. The lowest BCUT2D eigenvalue weighted by Crippen LogP contribution is -2.47. The van der Waals surface area contributed by atoms with Gasteiger partial charge in [-0.1, -0.05) is 59.1 Å². The van der Waals surface area contributed by atoms with E-state index in [2.05, 4.69) is 6.92 Å². The maximum absolute atomic E-state index is 13.8. The molecule has 1 fully saturated rings. The zero-order valence-electron chi connectivity index (χ0n) is 24.5. The summed E-state index contributed by atoms with van der Waals surface area (Å²) in [6.45, 7) is 11.8. The standard InChI is InChI=1S/C33H39N3O4/c1-7-32(3,4)31(34-22-12-10-9-11-13-22)35-27(37)23-16-14-20(18-25(23)28(35)38)21-15-17-24-26(19-21)30(40)36(29(24)39)33(5,6)8-2/h14-19,22H,7-13H2,1-6H3. The molecule has 0 N–H and O–H groups in total. The average molecular weight is 542 g/mol. The van der Waals surface area contributed by atoms with Crippen LogP contribution in [0, 0.1) is 5.41 Å². The molecule has 0 bridgehead atoms. The first-order chi connectivity index (χ1) is 18.9. The van der Waals surface area contributed by atoms with Crippen molar-refractivity contribution in [2.24, 2.45) is 10.4 Å². The fourth-order valence-electron chi connectivity index (χ4n) is 5.82. The molecule has 40 heavy (non-hydrogen) atoms. The lowest BCUT2D eigenvalue weighted by atomic mass is 9.87. The van der Waals surface area contributed by atoms with Crippen LogP contribution in [-0.4, -0.2) is 50.8 Å². The summed E-state index contributed by atoms with van der Waals surface area (Å²) in [5, 5.41) is 0. The Balaban J connectivity index is 1.50. The van der Waals surface area contributed by atoms with Crippen molar-refractivity contribution in [3.63, 3.8) is 0 Å². The molecule has 5 rings (SSSR count). The van der Waals surface area contributed by atoms with Crippen LogP contribution in [0.1, 0.15) is 128 Å². The number of amides is 4. The Morgan fingerprint density at radius 1 is 0.725 bits per heavy atom. The van der Waals surface area contributed by atoms with Gasteiger partial charge >= 0.3 is 0 Å². The molecule has 210 valence electrons. The van der Waals surface area contributed by atoms with E-state index < -0.39 is 11.0 Å². The molecule has 0 radical (unpaired) electrons. The van der Waals surface area contributed by atoms with E-state index >= 15 is 0 Å². The molecule has 7 heteroatoms. The molecule has 1 saturated carbocycles. The predicted octanol–water partition coefficient (Wildman–Crippen LogP) is 6.90. The van der Waals surface area contributed by atoms with Gasteiger partial charge in [0.1, 0.15) is 5.84 Å². The lowest BCUT2D eigenvalue weighted by Gasteiger charge is -2.32. The van der Waals surface area contributed by atoms with E-state index in [0.29, 0.717) is 45.6 Å². The third-order valence-corrected chi connectivity index (χ3v) is 9.16. The van der Waals surface area contributed by atoms with Gasteiger partial charge in [0.2, 0.25) is 0 Å². The van der Waals surface area contributed by atoms with E-state index in [9.17, 15) is 19.2 Å². The van der Waals surface area contributed by atoms with Crippen LogP contribution in [0.4, 0.5) is 0 Å². The minimum Gasteiger partial charge on any atom is -0.269 e. The van der Waals surface area contributed by atoms with Gasteiger partial charge in [0, 0.05) is 11.0 Å². The summed E-state index contributed by atoms with van der Waals surface area (Å²) < 4.78 is 0. The second-order valence-corrected chi connectivity index (χ2v) is 12.6. The molecule has 4 amide bonds. The van der Waals surface area contributed by atoms with Crippen LogP contribution in [0.5, 0.6) is 0 Å². The summed E-state index contributed by atoms with van der Waals surface area (Å²) in [6.07, 6.45) is 6.76. The van der Waals surface area contributed by atoms with Gasteiger partial charge < -0.3 is 0 Å². The van der Waals surface area contributed by atoms with E-state index in [1.54, 1.807) is 36.4 Å². The molecule has 0 atom stereocenters. The number of carbonyl (C=O) groups is 4. The largest absolute Gasteiger partial charge is 0.269 e. The molecule has 2 aliphatic heterocycles. The lowest BCUT2D eigenvalue weighted by molar-refractivity contribution is 0.0473. The number of hydrogen-bond acceptors (Lipinski definition) is 5. The molecule has 7 nitrogen and oxygen atoms in total. The van der Waals surface area contributed by atoms with Crippen molar-refractivity contribution in [2.75, 3.05) is 0 Å². The quantitative estimate of drug-likeness (QED) is 0.226. The highest BCUT2D eigenvalue weighted by atomic mass is 16.2. The molecular weight excluding hydrogens is 502 g/mol. The van der Waals surface area contributed by atoms with Gasteiger partial charge in [-0.2, -0.15) is 0 Å². The number of carbonyl (C=O) groups excluding carboxylic acids is 4. The number of aliphatic imine (C=N–C) groups is 1. The number of fused-ring (bicyclic) bond motifs is 2. The van der Waals surface area contributed by atoms with Crippen molar-refractivity contribution in [3.8, 4) is 11.1 Å². The normalized spacial score (nSPS) is 18.6. The number of hydrogen-bond donors (Lipinski definition) is 0. The monoisotopic (exact) mass is 541 g/mol. The molecule has 0 aromatic heterocycles. The van der Waals surface area contributed by atoms with Crippen LogP contribution in [0.25, 0.3) is 11.1 Å². The Bertz CT molecular complexity index is 1450. The first-order valence-corrected chi connectivity index (χ1v) is 14.6. The van der Waals surface area contributed by atoms with Crippen molar-refractivity contribution in [3.05, 3.63) is 58.7 Å². The topological polar surface area (TPSA) is 87.1 Å². The van der Waals surface area contributed by atoms with E-state index in [1.807, 2.05) is 34.6 Å². The number of benzene rings is 2. The molecule has 3 aliphatic rings. The fourth-order valence-corrected chi connectivity index (χ4v) is 5.82. The van der Waals surface area contributed by atoms with Gasteiger partial charge in [0.25, 0.3) is 23.6 Å². The van der Waals surface area contributed by atoms with E-state index in [0.717, 1.165) is 32.1 Å². The summed E-state index contributed by atoms with van der Waals surface area (Å²) in [6, 6.07) is 10.5. The summed E-state index contributed by atoms with van der Waals surface area (Å²) in [5.74, 6) is -0.740. The maximum atomic E-state index is 13.8. The Morgan fingerprint density at radius 2 is 1.23 bits per heavy atom. The molecule has 0 unspecified atom stereocenters. The molecule has 0 spiro atoms. The van der Waals surface area contributed by atoms with Crippen molar-refractivity contribution in [2.45, 2.75) is 98.1 Å². The zero-order chi connectivity index (χ0) is 29.0. The van der Waals surface area contributed by atoms with Gasteiger partial charge in [-0.3, -0.25) is 29.1 Å². The Labute approximate surface area is 236 Å². The van der Waals surface area contributed by atoms with Crippen molar-refractivity contribution in [1.29, 1.82) is 0 Å². The second-order valence-electron chi connectivity index (χ2n) is 12.6. The summed E-state index contributed by atoms with van der Waals surface area (Å²) in [7, 11) is 0. The minimum atomic E-state index is -0.597. The zero-order valence-corrected chi connectivity index (χ0v) is 24.5. The van der Waals surface area contributed by atoms with Crippen LogP contribution in [0.2, 0.25) is 0 Å². The highest BCUT2D eigenvalue weighted by molar-refractivity contribution is 6.30. The SMILES string of the molecule is CCC(C)(C)C(=NC1CCCCC1)N1C(=O)c2ccc(-c3ccc4c(c3)C(=O)N(C(C)(C)CC)C4=O)cc2C1=O. The summed E-state index contributed by atoms with van der Waals surface area (Å²) in [4.78, 5) is 61.4. The van der Waals surface area contributed by atoms with Crippen molar-refractivity contribution >= 4 is 29.5 Å². The Kier molecular flexibility index (Phi) is 7.05. The van der Waals surface area contributed by atoms with Crippen molar-refractivity contribution in [1.82, 2.24) is 9.80 Å². The van der Waals surface area contributed by atoms with Gasteiger partial charge in [-0.15, -0.1) is 0 Å². The van der Waals surface area contributed by atoms with Crippen LogP contribution >= 0.6 is 0 Å².